The Kier molecular flexibility index (Phi) is 6.22. The maximum atomic E-state index is 12.0. The van der Waals surface area contributed by atoms with E-state index in [-0.39, 0.29) is 18.2 Å². The molecule has 19 heavy (non-hydrogen) atoms. The third-order valence-corrected chi connectivity index (χ3v) is 2.75. The molecule has 1 rings (SSSR count). The fourth-order valence-corrected chi connectivity index (χ4v) is 2.00. The molecule has 0 radical (unpaired) electrons. The van der Waals surface area contributed by atoms with Gasteiger partial charge in [-0.2, -0.15) is 0 Å². The topological polar surface area (TPSA) is 63.4 Å². The Morgan fingerprint density at radius 3 is 2.37 bits per heavy atom. The third kappa shape index (κ3) is 6.15. The first-order valence-corrected chi connectivity index (χ1v) is 6.58. The first-order chi connectivity index (χ1) is 8.99. The Morgan fingerprint density at radius 1 is 1.21 bits per heavy atom. The number of benzene rings is 1. The van der Waals surface area contributed by atoms with Gasteiger partial charge in [0.1, 0.15) is 0 Å². The molecule has 0 unspecified atom stereocenters. The van der Waals surface area contributed by atoms with Gasteiger partial charge in [0.2, 0.25) is 5.91 Å². The Hall–Kier alpha value is -1.68. The van der Waals surface area contributed by atoms with E-state index in [9.17, 15) is 9.59 Å². The largest absolute Gasteiger partial charge is 0.369 e. The van der Waals surface area contributed by atoms with Gasteiger partial charge >= 0.3 is 0 Å². The molecule has 0 aliphatic heterocycles. The van der Waals surface area contributed by atoms with E-state index in [1.54, 1.807) is 0 Å². The van der Waals surface area contributed by atoms with Gasteiger partial charge in [0, 0.05) is 25.1 Å². The fraction of sp³-hybridized carbons (Fsp3) is 0.467. The maximum absolute atomic E-state index is 12.0. The molecule has 0 atom stereocenters. The van der Waals surface area contributed by atoms with Gasteiger partial charge in [0.05, 0.1) is 6.54 Å². The molecule has 104 valence electrons. The van der Waals surface area contributed by atoms with Gasteiger partial charge in [0.25, 0.3) is 0 Å². The average molecular weight is 262 g/mol. The summed E-state index contributed by atoms with van der Waals surface area (Å²) in [5.74, 6) is 0.179. The number of nitrogens with two attached hydrogens (primary N) is 1. The second-order valence-electron chi connectivity index (χ2n) is 5.13. The second kappa shape index (κ2) is 7.69. The Bertz CT molecular complexity index is 415. The predicted octanol–water partition coefficient (Wildman–Crippen LogP) is 1.70. The van der Waals surface area contributed by atoms with Crippen LogP contribution in [0, 0.1) is 5.92 Å². The quantitative estimate of drug-likeness (QED) is 0.725. The molecule has 0 fully saturated rings. The van der Waals surface area contributed by atoms with Gasteiger partial charge in [-0.15, -0.1) is 0 Å². The van der Waals surface area contributed by atoms with Crippen LogP contribution in [0.2, 0.25) is 0 Å². The van der Waals surface area contributed by atoms with Gasteiger partial charge in [-0.1, -0.05) is 44.2 Å². The van der Waals surface area contributed by atoms with Crippen molar-refractivity contribution in [2.75, 3.05) is 19.6 Å². The molecule has 0 saturated carbocycles. The highest BCUT2D eigenvalue weighted by Gasteiger charge is 2.13. The van der Waals surface area contributed by atoms with Crippen LogP contribution in [0.5, 0.6) is 0 Å². The zero-order chi connectivity index (χ0) is 14.3. The molecule has 4 nitrogen and oxygen atoms in total. The lowest BCUT2D eigenvalue weighted by Crippen LogP contribution is -2.37. The molecule has 1 amide bonds. The Morgan fingerprint density at radius 2 is 1.84 bits per heavy atom. The molecule has 0 aliphatic rings. The van der Waals surface area contributed by atoms with Crippen molar-refractivity contribution in [3.63, 3.8) is 0 Å². The van der Waals surface area contributed by atoms with Gasteiger partial charge < -0.3 is 5.73 Å². The first-order valence-electron chi connectivity index (χ1n) is 6.58. The first kappa shape index (κ1) is 15.4. The van der Waals surface area contributed by atoms with Crippen molar-refractivity contribution < 1.29 is 9.59 Å². The Balaban J connectivity index is 2.51. The monoisotopic (exact) mass is 262 g/mol. The van der Waals surface area contributed by atoms with E-state index in [2.05, 4.69) is 13.8 Å². The van der Waals surface area contributed by atoms with Gasteiger partial charge in [-0.05, 0) is 5.92 Å². The highest BCUT2D eigenvalue weighted by Crippen LogP contribution is 2.05. The number of carbonyl (C=O) groups is 2. The number of primary amides is 1. The fourth-order valence-electron chi connectivity index (χ4n) is 2.00. The molecule has 0 saturated heterocycles. The smallest absolute Gasteiger partial charge is 0.231 e. The van der Waals surface area contributed by atoms with Crippen molar-refractivity contribution in [2.24, 2.45) is 11.7 Å². The number of ketones is 1. The van der Waals surface area contributed by atoms with E-state index < -0.39 is 0 Å². The average Bonchev–Trinajstić information content (AvgIpc) is 2.35. The van der Waals surface area contributed by atoms with Crippen molar-refractivity contribution in [3.8, 4) is 0 Å². The molecule has 1 aromatic carbocycles. The number of nitrogens with zero attached hydrogens (tertiary/aromatic N) is 1. The van der Waals surface area contributed by atoms with Crippen LogP contribution in [-0.2, 0) is 4.79 Å². The standard InChI is InChI=1S/C15H22N2O2/c1-12(2)10-17(11-15(16)19)9-8-14(18)13-6-4-3-5-7-13/h3-7,12H,8-11H2,1-2H3,(H2,16,19). The summed E-state index contributed by atoms with van der Waals surface area (Å²) < 4.78 is 0. The number of hydrogen-bond donors (Lipinski definition) is 1. The lowest BCUT2D eigenvalue weighted by atomic mass is 10.1. The maximum Gasteiger partial charge on any atom is 0.231 e. The minimum absolute atomic E-state index is 0.0961. The molecule has 0 heterocycles. The molecule has 0 spiro atoms. The number of hydrogen-bond acceptors (Lipinski definition) is 3. The van der Waals surface area contributed by atoms with Crippen molar-refractivity contribution in [2.45, 2.75) is 20.3 Å². The summed E-state index contributed by atoms with van der Waals surface area (Å²) in [5, 5.41) is 0. The summed E-state index contributed by atoms with van der Waals surface area (Å²) in [4.78, 5) is 24.9. The van der Waals surface area contributed by atoms with Gasteiger partial charge in [-0.25, -0.2) is 0 Å². The van der Waals surface area contributed by atoms with Crippen molar-refractivity contribution >= 4 is 11.7 Å². The summed E-state index contributed by atoms with van der Waals surface area (Å²) in [6, 6.07) is 9.20. The van der Waals surface area contributed by atoms with Gasteiger partial charge in [0.15, 0.2) is 5.78 Å². The van der Waals surface area contributed by atoms with Crippen molar-refractivity contribution in [3.05, 3.63) is 35.9 Å². The Labute approximate surface area is 114 Å². The van der Waals surface area contributed by atoms with Crippen LogP contribution >= 0.6 is 0 Å². The SMILES string of the molecule is CC(C)CN(CCC(=O)c1ccccc1)CC(N)=O. The zero-order valence-electron chi connectivity index (χ0n) is 11.6. The summed E-state index contributed by atoms with van der Waals surface area (Å²) in [6.07, 6.45) is 0.407. The van der Waals surface area contributed by atoms with E-state index in [0.717, 1.165) is 6.54 Å². The van der Waals surface area contributed by atoms with Crippen LogP contribution in [0.4, 0.5) is 0 Å². The predicted molar refractivity (Wildman–Crippen MR) is 75.9 cm³/mol. The number of rotatable bonds is 8. The molecule has 4 heteroatoms. The van der Waals surface area contributed by atoms with Crippen LogP contribution < -0.4 is 5.73 Å². The molecular formula is C15H22N2O2. The molecular weight excluding hydrogens is 240 g/mol. The second-order valence-corrected chi connectivity index (χ2v) is 5.13. The molecule has 0 bridgehead atoms. The summed E-state index contributed by atoms with van der Waals surface area (Å²) in [6.45, 7) is 5.69. The number of carbonyl (C=O) groups excluding carboxylic acids is 2. The van der Waals surface area contributed by atoms with Crippen LogP contribution in [0.1, 0.15) is 30.6 Å². The van der Waals surface area contributed by atoms with E-state index >= 15 is 0 Å². The van der Waals surface area contributed by atoms with Crippen LogP contribution in [-0.4, -0.2) is 36.2 Å². The summed E-state index contributed by atoms with van der Waals surface area (Å²) in [5.41, 5.74) is 5.93. The van der Waals surface area contributed by atoms with E-state index in [4.69, 9.17) is 5.73 Å². The van der Waals surface area contributed by atoms with Crippen molar-refractivity contribution in [1.29, 1.82) is 0 Å². The molecule has 0 aliphatic carbocycles. The summed E-state index contributed by atoms with van der Waals surface area (Å²) in [7, 11) is 0. The lowest BCUT2D eigenvalue weighted by Gasteiger charge is -2.22. The molecule has 2 N–H and O–H groups in total. The highest BCUT2D eigenvalue weighted by molar-refractivity contribution is 5.96. The lowest BCUT2D eigenvalue weighted by molar-refractivity contribution is -0.119. The van der Waals surface area contributed by atoms with Crippen LogP contribution in [0.25, 0.3) is 0 Å². The minimum atomic E-state index is -0.354. The van der Waals surface area contributed by atoms with E-state index in [1.807, 2.05) is 35.2 Å². The number of amides is 1. The van der Waals surface area contributed by atoms with E-state index in [1.165, 1.54) is 0 Å². The summed E-state index contributed by atoms with van der Waals surface area (Å²) >= 11 is 0. The molecule has 0 aromatic heterocycles. The van der Waals surface area contributed by atoms with Gasteiger partial charge in [-0.3, -0.25) is 14.5 Å². The highest BCUT2D eigenvalue weighted by atomic mass is 16.1. The van der Waals surface area contributed by atoms with Crippen LogP contribution in [0.15, 0.2) is 30.3 Å². The number of Topliss-reactive ketones (excluding diaryl/α,β-unsaturated/α-hetero) is 1. The van der Waals surface area contributed by atoms with Crippen LogP contribution in [0.3, 0.4) is 0 Å². The molecule has 1 aromatic rings. The minimum Gasteiger partial charge on any atom is -0.369 e. The normalized spacial score (nSPS) is 10.9. The van der Waals surface area contributed by atoms with Crippen molar-refractivity contribution in [1.82, 2.24) is 4.90 Å². The zero-order valence-corrected chi connectivity index (χ0v) is 11.6. The third-order valence-electron chi connectivity index (χ3n) is 2.75. The van der Waals surface area contributed by atoms with E-state index in [0.29, 0.717) is 24.4 Å².